The van der Waals surface area contributed by atoms with Crippen molar-refractivity contribution in [3.05, 3.63) is 40.0 Å². The standard InChI is InChI=1S/C19H25ClN4O3S2/c1-3-4-9-24-19(20)16(15(2)21-24)7-8-17(25)22-10-12-23(13-11-22)29(26,27)18-6-5-14-28-18/h5-8,14H,3-4,9-13H2,1-2H3. The summed E-state index contributed by atoms with van der Waals surface area (Å²) in [7, 11) is -3.47. The molecule has 0 atom stereocenters. The number of amides is 1. The summed E-state index contributed by atoms with van der Waals surface area (Å²) in [5.74, 6) is -0.157. The van der Waals surface area contributed by atoms with E-state index in [4.69, 9.17) is 11.6 Å². The van der Waals surface area contributed by atoms with Gasteiger partial charge in [0.05, 0.1) is 5.69 Å². The lowest BCUT2D eigenvalue weighted by Gasteiger charge is -2.33. The topological polar surface area (TPSA) is 75.5 Å². The Morgan fingerprint density at radius 1 is 1.31 bits per heavy atom. The number of aryl methyl sites for hydroxylation is 2. The molecule has 1 saturated heterocycles. The molecule has 1 fully saturated rings. The van der Waals surface area contributed by atoms with Gasteiger partial charge in [-0.05, 0) is 30.9 Å². The summed E-state index contributed by atoms with van der Waals surface area (Å²) in [5.41, 5.74) is 1.53. The van der Waals surface area contributed by atoms with Crippen LogP contribution in [0.4, 0.5) is 0 Å². The van der Waals surface area contributed by atoms with Crippen LogP contribution in [0.25, 0.3) is 6.08 Å². The highest BCUT2D eigenvalue weighted by Gasteiger charge is 2.30. The second kappa shape index (κ2) is 9.42. The molecule has 158 valence electrons. The Bertz CT molecular complexity index is 976. The monoisotopic (exact) mass is 456 g/mol. The number of nitrogens with zero attached hydrogens (tertiary/aromatic N) is 4. The first kappa shape index (κ1) is 22.0. The maximum absolute atomic E-state index is 12.6. The Morgan fingerprint density at radius 2 is 2.03 bits per heavy atom. The van der Waals surface area contributed by atoms with Crippen molar-refractivity contribution >= 4 is 44.9 Å². The molecule has 0 aliphatic carbocycles. The highest BCUT2D eigenvalue weighted by atomic mass is 35.5. The Labute approximate surface area is 180 Å². The van der Waals surface area contributed by atoms with E-state index >= 15 is 0 Å². The minimum absolute atomic E-state index is 0.157. The fraction of sp³-hybridized carbons (Fsp3) is 0.474. The molecular weight excluding hydrogens is 432 g/mol. The van der Waals surface area contributed by atoms with Gasteiger partial charge in [-0.2, -0.15) is 9.40 Å². The molecule has 2 aromatic heterocycles. The zero-order chi connectivity index (χ0) is 21.0. The van der Waals surface area contributed by atoms with Gasteiger partial charge >= 0.3 is 0 Å². The van der Waals surface area contributed by atoms with E-state index in [2.05, 4.69) is 12.0 Å². The third-order valence-corrected chi connectivity index (χ3v) is 8.54. The first-order valence-electron chi connectivity index (χ1n) is 9.58. The van der Waals surface area contributed by atoms with Crippen molar-refractivity contribution in [2.24, 2.45) is 0 Å². The normalized spacial score (nSPS) is 16.0. The molecule has 0 aromatic carbocycles. The summed E-state index contributed by atoms with van der Waals surface area (Å²) in [4.78, 5) is 14.2. The summed E-state index contributed by atoms with van der Waals surface area (Å²) in [5, 5.41) is 6.71. The van der Waals surface area contributed by atoms with Gasteiger partial charge in [-0.1, -0.05) is 31.0 Å². The van der Waals surface area contributed by atoms with Crippen molar-refractivity contribution in [3.63, 3.8) is 0 Å². The van der Waals surface area contributed by atoms with E-state index in [1.165, 1.54) is 21.7 Å². The van der Waals surface area contributed by atoms with Gasteiger partial charge in [0.25, 0.3) is 10.0 Å². The molecule has 0 unspecified atom stereocenters. The lowest BCUT2D eigenvalue weighted by molar-refractivity contribution is -0.127. The summed E-state index contributed by atoms with van der Waals surface area (Å²) in [6, 6.07) is 3.33. The largest absolute Gasteiger partial charge is 0.337 e. The second-order valence-corrected chi connectivity index (χ2v) is 10.3. The molecule has 1 aliphatic heterocycles. The zero-order valence-corrected chi connectivity index (χ0v) is 18.9. The quantitative estimate of drug-likeness (QED) is 0.599. The molecular formula is C19H25ClN4O3S2. The van der Waals surface area contributed by atoms with E-state index < -0.39 is 10.0 Å². The van der Waals surface area contributed by atoms with E-state index in [1.807, 2.05) is 6.92 Å². The first-order chi connectivity index (χ1) is 13.8. The minimum Gasteiger partial charge on any atom is -0.337 e. The van der Waals surface area contributed by atoms with Crippen molar-refractivity contribution in [3.8, 4) is 0 Å². The summed E-state index contributed by atoms with van der Waals surface area (Å²) < 4.78 is 28.7. The molecule has 0 N–H and O–H groups in total. The number of carbonyl (C=O) groups is 1. The van der Waals surface area contributed by atoms with Gasteiger partial charge < -0.3 is 4.90 Å². The lowest BCUT2D eigenvalue weighted by Crippen LogP contribution is -2.50. The number of aromatic nitrogens is 2. The van der Waals surface area contributed by atoms with Crippen LogP contribution < -0.4 is 0 Å². The number of piperazine rings is 1. The zero-order valence-electron chi connectivity index (χ0n) is 16.5. The highest BCUT2D eigenvalue weighted by molar-refractivity contribution is 7.91. The van der Waals surface area contributed by atoms with Crippen molar-refractivity contribution in [2.45, 2.75) is 37.4 Å². The van der Waals surface area contributed by atoms with Crippen molar-refractivity contribution in [1.29, 1.82) is 0 Å². The van der Waals surface area contributed by atoms with Crippen LogP contribution in [0.2, 0.25) is 5.15 Å². The first-order valence-corrected chi connectivity index (χ1v) is 12.3. The Hall–Kier alpha value is -1.68. The molecule has 2 aromatic rings. The molecule has 0 radical (unpaired) electrons. The summed E-state index contributed by atoms with van der Waals surface area (Å²) >= 11 is 7.61. The molecule has 0 spiro atoms. The third-order valence-electron chi connectivity index (χ3n) is 4.86. The molecule has 0 bridgehead atoms. The number of unbranched alkanes of at least 4 members (excludes halogenated alkanes) is 1. The number of sulfonamides is 1. The maximum Gasteiger partial charge on any atom is 0.252 e. The smallest absolute Gasteiger partial charge is 0.252 e. The predicted octanol–water partition coefficient (Wildman–Crippen LogP) is 3.25. The van der Waals surface area contributed by atoms with Gasteiger partial charge in [0.1, 0.15) is 9.36 Å². The van der Waals surface area contributed by atoms with E-state index in [9.17, 15) is 13.2 Å². The van der Waals surface area contributed by atoms with Crippen molar-refractivity contribution in [1.82, 2.24) is 19.0 Å². The SMILES string of the molecule is CCCCn1nc(C)c(C=CC(=O)N2CCN(S(=O)(=O)c3cccs3)CC2)c1Cl. The number of carbonyl (C=O) groups excluding carboxylic acids is 1. The van der Waals surface area contributed by atoms with Crippen LogP contribution in [-0.2, 0) is 21.4 Å². The van der Waals surface area contributed by atoms with Gasteiger partial charge in [0.2, 0.25) is 5.91 Å². The minimum atomic E-state index is -3.47. The van der Waals surface area contributed by atoms with Gasteiger partial charge in [-0.25, -0.2) is 8.42 Å². The third kappa shape index (κ3) is 4.91. The summed E-state index contributed by atoms with van der Waals surface area (Å²) in [6.45, 7) is 6.01. The lowest BCUT2D eigenvalue weighted by atomic mass is 10.2. The van der Waals surface area contributed by atoms with Gasteiger partial charge in [-0.15, -0.1) is 11.3 Å². The average Bonchev–Trinajstić information content (AvgIpc) is 3.34. The number of hydrogen-bond donors (Lipinski definition) is 0. The van der Waals surface area contributed by atoms with Crippen LogP contribution in [0.3, 0.4) is 0 Å². The van der Waals surface area contributed by atoms with E-state index in [0.717, 1.165) is 30.6 Å². The molecule has 1 amide bonds. The van der Waals surface area contributed by atoms with E-state index in [-0.39, 0.29) is 19.0 Å². The Kier molecular flexibility index (Phi) is 7.15. The second-order valence-electron chi connectivity index (χ2n) is 6.86. The molecule has 3 heterocycles. The highest BCUT2D eigenvalue weighted by Crippen LogP contribution is 2.23. The fourth-order valence-corrected chi connectivity index (χ4v) is 6.05. The van der Waals surface area contributed by atoms with Crippen LogP contribution in [0.5, 0.6) is 0 Å². The average molecular weight is 457 g/mol. The van der Waals surface area contributed by atoms with Crippen LogP contribution in [0, 0.1) is 6.92 Å². The molecule has 7 nitrogen and oxygen atoms in total. The molecule has 1 aliphatic rings. The number of thiophene rings is 1. The Balaban J connectivity index is 1.61. The van der Waals surface area contributed by atoms with Crippen molar-refractivity contribution in [2.75, 3.05) is 26.2 Å². The van der Waals surface area contributed by atoms with E-state index in [1.54, 1.807) is 33.2 Å². The van der Waals surface area contributed by atoms with Crippen LogP contribution in [-0.4, -0.2) is 59.5 Å². The van der Waals surface area contributed by atoms with Crippen LogP contribution >= 0.6 is 22.9 Å². The van der Waals surface area contributed by atoms with Gasteiger partial charge in [0.15, 0.2) is 0 Å². The predicted molar refractivity (Wildman–Crippen MR) is 116 cm³/mol. The van der Waals surface area contributed by atoms with Gasteiger partial charge in [-0.3, -0.25) is 9.48 Å². The van der Waals surface area contributed by atoms with Gasteiger partial charge in [0, 0.05) is 44.4 Å². The van der Waals surface area contributed by atoms with Crippen LogP contribution in [0.1, 0.15) is 31.0 Å². The maximum atomic E-state index is 12.6. The molecule has 29 heavy (non-hydrogen) atoms. The number of halogens is 1. The fourth-order valence-electron chi connectivity index (χ4n) is 3.16. The number of rotatable bonds is 7. The molecule has 10 heteroatoms. The number of hydrogen-bond acceptors (Lipinski definition) is 5. The van der Waals surface area contributed by atoms with Crippen molar-refractivity contribution < 1.29 is 13.2 Å². The van der Waals surface area contributed by atoms with E-state index in [0.29, 0.717) is 22.5 Å². The molecule has 3 rings (SSSR count). The Morgan fingerprint density at radius 3 is 2.66 bits per heavy atom. The summed E-state index contributed by atoms with van der Waals surface area (Å²) in [6.07, 6.45) is 5.22. The van der Waals surface area contributed by atoms with Crippen LogP contribution in [0.15, 0.2) is 27.8 Å². The molecule has 0 saturated carbocycles.